The van der Waals surface area contributed by atoms with Crippen molar-refractivity contribution in [3.05, 3.63) is 119 Å². The van der Waals surface area contributed by atoms with E-state index in [0.29, 0.717) is 16.7 Å². The summed E-state index contributed by atoms with van der Waals surface area (Å²) >= 11 is 0. The number of carboxylic acids is 1. The third-order valence-corrected chi connectivity index (χ3v) is 12.0. The van der Waals surface area contributed by atoms with Gasteiger partial charge in [-0.2, -0.15) is 0 Å². The van der Waals surface area contributed by atoms with Gasteiger partial charge in [0.1, 0.15) is 23.2 Å². The van der Waals surface area contributed by atoms with E-state index in [-0.39, 0.29) is 30.8 Å². The van der Waals surface area contributed by atoms with Crippen molar-refractivity contribution in [2.45, 2.75) is 129 Å². The van der Waals surface area contributed by atoms with Gasteiger partial charge in [0.05, 0.1) is 11.1 Å². The fourth-order valence-electron chi connectivity index (χ4n) is 7.27. The fourth-order valence-corrected chi connectivity index (χ4v) is 7.27. The van der Waals surface area contributed by atoms with Crippen LogP contribution in [-0.4, -0.2) is 92.2 Å². The normalized spacial score (nSPS) is 13.7. The first kappa shape index (κ1) is 54.5. The standard InChI is InChI=1S/C53H66N6O10/c1-31(55-48(68)52(7,8)59-46(65)40(29-41(60)50(3,4)54)28-34-22-23-35-16-14-15-19-38(35)27-34)44(63)57-51(5,6)42(61)30-39(45(64)58-53(9,10)49(69)56-32(2)47(66)67)26-33-20-24-37(25-21-33)43(62)36-17-12-11-13-18-36/h11-25,27,31-32,39-40H,26,28-30,54H2,1-10H3,(H,55,68)(H,56,69)(H,57,63)(H,58,64)(H,59,65)(H,66,67). The van der Waals surface area contributed by atoms with Gasteiger partial charge < -0.3 is 37.4 Å². The Bertz CT molecular complexity index is 2580. The Labute approximate surface area is 403 Å². The first-order valence-corrected chi connectivity index (χ1v) is 22.8. The number of Topliss-reactive ketones (excluding diaryl/α,β-unsaturated/α-hetero) is 2. The van der Waals surface area contributed by atoms with Crippen molar-refractivity contribution >= 4 is 63.6 Å². The minimum Gasteiger partial charge on any atom is -0.480 e. The molecule has 368 valence electrons. The number of amides is 5. The van der Waals surface area contributed by atoms with Crippen molar-refractivity contribution in [1.29, 1.82) is 0 Å². The highest BCUT2D eigenvalue weighted by molar-refractivity contribution is 6.09. The van der Waals surface area contributed by atoms with Crippen LogP contribution in [0.1, 0.15) is 109 Å². The molecule has 0 aromatic heterocycles. The summed E-state index contributed by atoms with van der Waals surface area (Å²) in [6.07, 6.45) is -0.469. The van der Waals surface area contributed by atoms with E-state index in [0.717, 1.165) is 16.3 Å². The fraction of sp³-hybridized carbons (Fsp3) is 0.415. The van der Waals surface area contributed by atoms with Crippen LogP contribution in [0.25, 0.3) is 10.8 Å². The number of hydrogen-bond donors (Lipinski definition) is 7. The van der Waals surface area contributed by atoms with Crippen LogP contribution in [0.5, 0.6) is 0 Å². The van der Waals surface area contributed by atoms with Crippen LogP contribution in [0.4, 0.5) is 0 Å². The average molecular weight is 947 g/mol. The van der Waals surface area contributed by atoms with Crippen molar-refractivity contribution in [2.75, 3.05) is 0 Å². The Kier molecular flexibility index (Phi) is 17.7. The van der Waals surface area contributed by atoms with Crippen LogP contribution in [0.15, 0.2) is 97.1 Å². The summed E-state index contributed by atoms with van der Waals surface area (Å²) in [5, 5.41) is 24.3. The molecular weight excluding hydrogens is 881 g/mol. The third kappa shape index (κ3) is 15.2. The molecule has 0 bridgehead atoms. The predicted molar refractivity (Wildman–Crippen MR) is 262 cm³/mol. The van der Waals surface area contributed by atoms with Gasteiger partial charge in [-0.15, -0.1) is 0 Å². The summed E-state index contributed by atoms with van der Waals surface area (Å²) in [4.78, 5) is 120. The van der Waals surface area contributed by atoms with Crippen LogP contribution in [0.3, 0.4) is 0 Å². The lowest BCUT2D eigenvalue weighted by molar-refractivity contribution is -0.143. The van der Waals surface area contributed by atoms with Gasteiger partial charge in [0.15, 0.2) is 17.3 Å². The number of fused-ring (bicyclic) bond motifs is 1. The molecule has 16 heteroatoms. The van der Waals surface area contributed by atoms with E-state index in [1.165, 1.54) is 55.4 Å². The molecule has 0 aliphatic carbocycles. The lowest BCUT2D eigenvalue weighted by Crippen LogP contribution is -2.61. The van der Waals surface area contributed by atoms with Crippen molar-refractivity contribution in [3.63, 3.8) is 0 Å². The highest BCUT2D eigenvalue weighted by Gasteiger charge is 2.40. The number of carbonyl (C=O) groups is 9. The molecule has 0 radical (unpaired) electrons. The topological polar surface area (TPSA) is 260 Å². The number of aliphatic carboxylic acids is 1. The maximum absolute atomic E-state index is 14.1. The zero-order valence-corrected chi connectivity index (χ0v) is 41.1. The van der Waals surface area contributed by atoms with Gasteiger partial charge >= 0.3 is 5.97 Å². The molecule has 0 aliphatic heterocycles. The van der Waals surface area contributed by atoms with Crippen molar-refractivity contribution in [3.8, 4) is 0 Å². The Hall–Kier alpha value is -7.07. The van der Waals surface area contributed by atoms with Gasteiger partial charge in [0.2, 0.25) is 29.5 Å². The molecular formula is C53H66N6O10. The monoisotopic (exact) mass is 946 g/mol. The molecule has 16 nitrogen and oxygen atoms in total. The first-order chi connectivity index (χ1) is 32.0. The molecule has 5 amide bonds. The number of hydrogen-bond acceptors (Lipinski definition) is 10. The highest BCUT2D eigenvalue weighted by atomic mass is 16.4. The van der Waals surface area contributed by atoms with Crippen molar-refractivity contribution in [2.24, 2.45) is 17.6 Å². The second-order valence-corrected chi connectivity index (χ2v) is 19.9. The van der Waals surface area contributed by atoms with Crippen LogP contribution < -0.4 is 32.3 Å². The Morgan fingerprint density at radius 2 is 0.942 bits per heavy atom. The number of rotatable bonds is 23. The van der Waals surface area contributed by atoms with E-state index in [4.69, 9.17) is 5.73 Å². The molecule has 0 saturated carbocycles. The SMILES string of the molecule is CC(NC(=O)C(C)(C)NC(=O)C(CC(=O)C(C)(C)NC(=O)C(C)NC(=O)C(C)(C)NC(=O)C(CC(=O)C(C)(C)N)Cc1ccc2ccccc2c1)Cc1ccc(C(=O)c2ccccc2)cc1)C(=O)O. The summed E-state index contributed by atoms with van der Waals surface area (Å²) in [5.41, 5.74) is 2.36. The molecule has 4 aromatic carbocycles. The predicted octanol–water partition coefficient (Wildman–Crippen LogP) is 4.52. The minimum atomic E-state index is -1.62. The molecule has 0 saturated heterocycles. The molecule has 4 rings (SSSR count). The van der Waals surface area contributed by atoms with Crippen LogP contribution in [0, 0.1) is 11.8 Å². The summed E-state index contributed by atoms with van der Waals surface area (Å²) in [7, 11) is 0. The van der Waals surface area contributed by atoms with Crippen molar-refractivity contribution in [1.82, 2.24) is 26.6 Å². The molecule has 4 unspecified atom stereocenters. The molecule has 0 heterocycles. The first-order valence-electron chi connectivity index (χ1n) is 22.8. The molecule has 8 N–H and O–H groups in total. The van der Waals surface area contributed by atoms with Gasteiger partial charge in [-0.05, 0) is 104 Å². The lowest BCUT2D eigenvalue weighted by Gasteiger charge is -2.32. The number of nitrogens with one attached hydrogen (secondary N) is 5. The van der Waals surface area contributed by atoms with Crippen molar-refractivity contribution < 1.29 is 48.3 Å². The number of carboxylic acid groups (broad SMARTS) is 1. The molecule has 4 aromatic rings. The van der Waals surface area contributed by atoms with Gasteiger partial charge in [-0.3, -0.25) is 43.2 Å². The summed E-state index contributed by atoms with van der Waals surface area (Å²) < 4.78 is 0. The molecule has 4 atom stereocenters. The zero-order chi connectivity index (χ0) is 51.6. The van der Waals surface area contributed by atoms with E-state index in [9.17, 15) is 48.3 Å². The maximum atomic E-state index is 14.1. The maximum Gasteiger partial charge on any atom is 0.325 e. The Morgan fingerprint density at radius 3 is 1.46 bits per heavy atom. The second kappa shape index (κ2) is 22.4. The van der Waals surface area contributed by atoms with Crippen LogP contribution in [-0.2, 0) is 51.2 Å². The number of nitrogens with two attached hydrogens (primary N) is 1. The minimum absolute atomic E-state index is 0.0286. The van der Waals surface area contributed by atoms with Gasteiger partial charge in [-0.25, -0.2) is 0 Å². The molecule has 0 aliphatic rings. The number of ketones is 3. The molecule has 0 spiro atoms. The zero-order valence-electron chi connectivity index (χ0n) is 41.1. The third-order valence-electron chi connectivity index (χ3n) is 12.0. The van der Waals surface area contributed by atoms with E-state index >= 15 is 0 Å². The number of carbonyl (C=O) groups excluding carboxylic acids is 8. The van der Waals surface area contributed by atoms with Gasteiger partial charge in [0.25, 0.3) is 0 Å². The largest absolute Gasteiger partial charge is 0.480 e. The Morgan fingerprint density at radius 1 is 0.507 bits per heavy atom. The van der Waals surface area contributed by atoms with Gasteiger partial charge in [-0.1, -0.05) is 97.1 Å². The van der Waals surface area contributed by atoms with Crippen LogP contribution >= 0.6 is 0 Å². The molecule has 69 heavy (non-hydrogen) atoms. The van der Waals surface area contributed by atoms with E-state index < -0.39 is 93.8 Å². The average Bonchev–Trinajstić information content (AvgIpc) is 3.27. The van der Waals surface area contributed by atoms with E-state index in [2.05, 4.69) is 26.6 Å². The summed E-state index contributed by atoms with van der Waals surface area (Å²) in [6, 6.07) is 26.2. The molecule has 0 fully saturated rings. The second-order valence-electron chi connectivity index (χ2n) is 19.9. The summed E-state index contributed by atoms with van der Waals surface area (Å²) in [6.45, 7) is 14.4. The van der Waals surface area contributed by atoms with E-state index in [1.807, 2.05) is 42.5 Å². The Balaban J connectivity index is 1.47. The highest BCUT2D eigenvalue weighted by Crippen LogP contribution is 2.24. The van der Waals surface area contributed by atoms with E-state index in [1.54, 1.807) is 68.4 Å². The lowest BCUT2D eigenvalue weighted by atomic mass is 9.85. The smallest absolute Gasteiger partial charge is 0.325 e. The summed E-state index contributed by atoms with van der Waals surface area (Å²) in [5.74, 6) is -7.96. The van der Waals surface area contributed by atoms with Crippen LogP contribution in [0.2, 0.25) is 0 Å². The van der Waals surface area contributed by atoms with Gasteiger partial charge in [0, 0.05) is 35.8 Å². The number of benzene rings is 4. The quantitative estimate of drug-likeness (QED) is 0.0509.